The summed E-state index contributed by atoms with van der Waals surface area (Å²) in [4.78, 5) is 24.3. The smallest absolute Gasteiger partial charge is 0.338 e. The SMILES string of the molecule is CS(=O)(=O)N1CCCc2cc(C(=O)COC(=O)c3ccc(Cl)c(S(N)(=O)=O)c3)ccc21. The van der Waals surface area contributed by atoms with E-state index in [-0.39, 0.29) is 16.1 Å². The van der Waals surface area contributed by atoms with Crippen molar-refractivity contribution in [1.82, 2.24) is 0 Å². The van der Waals surface area contributed by atoms with Gasteiger partial charge in [-0.1, -0.05) is 11.6 Å². The van der Waals surface area contributed by atoms with Crippen LogP contribution in [0.5, 0.6) is 0 Å². The molecule has 0 saturated carbocycles. The molecule has 2 aromatic carbocycles. The van der Waals surface area contributed by atoms with E-state index in [1.807, 2.05) is 0 Å². The van der Waals surface area contributed by atoms with Gasteiger partial charge >= 0.3 is 5.97 Å². The number of aryl methyl sites for hydroxylation is 1. The first-order chi connectivity index (χ1) is 14.4. The molecule has 1 heterocycles. The van der Waals surface area contributed by atoms with Gasteiger partial charge in [-0.15, -0.1) is 0 Å². The Morgan fingerprint density at radius 3 is 2.42 bits per heavy atom. The number of fused-ring (bicyclic) bond motifs is 1. The average molecular weight is 487 g/mol. The fraction of sp³-hybridized carbons (Fsp3) is 0.263. The van der Waals surface area contributed by atoms with Crippen molar-refractivity contribution in [2.75, 3.05) is 23.7 Å². The topological polar surface area (TPSA) is 141 Å². The van der Waals surface area contributed by atoms with Gasteiger partial charge < -0.3 is 4.74 Å². The van der Waals surface area contributed by atoms with Gasteiger partial charge in [-0.05, 0) is 54.8 Å². The maximum Gasteiger partial charge on any atom is 0.338 e. The number of benzene rings is 2. The zero-order chi connectivity index (χ0) is 23.0. The number of nitrogens with zero attached hydrogens (tertiary/aromatic N) is 1. The highest BCUT2D eigenvalue weighted by Crippen LogP contribution is 2.30. The van der Waals surface area contributed by atoms with E-state index >= 15 is 0 Å². The van der Waals surface area contributed by atoms with Gasteiger partial charge in [-0.2, -0.15) is 0 Å². The van der Waals surface area contributed by atoms with Crippen LogP contribution in [0.1, 0.15) is 32.7 Å². The molecular formula is C19H19ClN2O7S2. The molecule has 3 rings (SSSR count). The number of rotatable bonds is 6. The average Bonchev–Trinajstić information content (AvgIpc) is 2.69. The lowest BCUT2D eigenvalue weighted by atomic mass is 9.99. The van der Waals surface area contributed by atoms with Crippen molar-refractivity contribution in [3.63, 3.8) is 0 Å². The van der Waals surface area contributed by atoms with E-state index in [2.05, 4.69) is 0 Å². The molecule has 166 valence electrons. The molecule has 0 fully saturated rings. The van der Waals surface area contributed by atoms with Crippen LogP contribution in [0.2, 0.25) is 5.02 Å². The Morgan fingerprint density at radius 1 is 1.10 bits per heavy atom. The van der Waals surface area contributed by atoms with E-state index < -0.39 is 43.3 Å². The van der Waals surface area contributed by atoms with Gasteiger partial charge in [-0.3, -0.25) is 9.10 Å². The van der Waals surface area contributed by atoms with Crippen LogP contribution < -0.4 is 9.44 Å². The van der Waals surface area contributed by atoms with E-state index in [1.165, 1.54) is 22.5 Å². The van der Waals surface area contributed by atoms with Crippen molar-refractivity contribution in [2.24, 2.45) is 5.14 Å². The molecule has 0 bridgehead atoms. The Labute approximate surface area is 184 Å². The van der Waals surface area contributed by atoms with E-state index in [0.29, 0.717) is 30.6 Å². The molecule has 0 aliphatic carbocycles. The van der Waals surface area contributed by atoms with Crippen molar-refractivity contribution in [2.45, 2.75) is 17.7 Å². The van der Waals surface area contributed by atoms with E-state index in [9.17, 15) is 26.4 Å². The second-order valence-corrected chi connectivity index (χ2v) is 10.8. The minimum atomic E-state index is -4.14. The minimum Gasteiger partial charge on any atom is -0.454 e. The third-order valence-corrected chi connectivity index (χ3v) is 7.26. The molecule has 9 nitrogen and oxygen atoms in total. The molecule has 2 aromatic rings. The summed E-state index contributed by atoms with van der Waals surface area (Å²) >= 11 is 5.78. The summed E-state index contributed by atoms with van der Waals surface area (Å²) < 4.78 is 53.2. The quantitative estimate of drug-likeness (QED) is 0.484. The molecule has 0 aromatic heterocycles. The predicted molar refractivity (Wildman–Crippen MR) is 114 cm³/mol. The second-order valence-electron chi connectivity index (χ2n) is 6.97. The van der Waals surface area contributed by atoms with Crippen LogP contribution in [0.15, 0.2) is 41.3 Å². The number of ketones is 1. The highest BCUT2D eigenvalue weighted by Gasteiger charge is 2.25. The number of esters is 1. The Bertz CT molecular complexity index is 1270. The zero-order valence-corrected chi connectivity index (χ0v) is 18.8. The maximum absolute atomic E-state index is 12.5. The molecular weight excluding hydrogens is 468 g/mol. The summed E-state index contributed by atoms with van der Waals surface area (Å²) in [6, 6.07) is 8.04. The number of primary sulfonamides is 1. The molecule has 1 aliphatic rings. The Morgan fingerprint density at radius 2 is 1.77 bits per heavy atom. The summed E-state index contributed by atoms with van der Waals surface area (Å²) in [5.41, 5.74) is 1.38. The van der Waals surface area contributed by atoms with Gasteiger partial charge in [-0.25, -0.2) is 26.8 Å². The van der Waals surface area contributed by atoms with Crippen LogP contribution in [0.3, 0.4) is 0 Å². The summed E-state index contributed by atoms with van der Waals surface area (Å²) in [6.07, 6.45) is 2.36. The molecule has 0 saturated heterocycles. The molecule has 2 N–H and O–H groups in total. The van der Waals surface area contributed by atoms with Crippen molar-refractivity contribution in [3.05, 3.63) is 58.1 Å². The third-order valence-electron chi connectivity index (χ3n) is 4.69. The molecule has 31 heavy (non-hydrogen) atoms. The number of hydrogen-bond donors (Lipinski definition) is 1. The molecule has 0 atom stereocenters. The fourth-order valence-corrected chi connectivity index (χ4v) is 5.29. The van der Waals surface area contributed by atoms with Gasteiger partial charge in [0.2, 0.25) is 20.0 Å². The van der Waals surface area contributed by atoms with Crippen LogP contribution in [0.25, 0.3) is 0 Å². The minimum absolute atomic E-state index is 0.129. The molecule has 0 radical (unpaired) electrons. The fourth-order valence-electron chi connectivity index (χ4n) is 3.23. The van der Waals surface area contributed by atoms with Crippen LogP contribution in [-0.4, -0.2) is 48.0 Å². The van der Waals surface area contributed by atoms with Crippen LogP contribution in [0.4, 0.5) is 5.69 Å². The lowest BCUT2D eigenvalue weighted by Gasteiger charge is -2.29. The van der Waals surface area contributed by atoms with E-state index in [1.54, 1.807) is 12.1 Å². The Kier molecular flexibility index (Phi) is 6.42. The summed E-state index contributed by atoms with van der Waals surface area (Å²) in [5, 5.41) is 4.91. The largest absolute Gasteiger partial charge is 0.454 e. The number of hydrogen-bond acceptors (Lipinski definition) is 7. The van der Waals surface area contributed by atoms with Gasteiger partial charge in [0.1, 0.15) is 4.90 Å². The number of carbonyl (C=O) groups is 2. The Hall–Kier alpha value is -2.47. The van der Waals surface area contributed by atoms with E-state index in [4.69, 9.17) is 21.5 Å². The first kappa shape index (κ1) is 23.2. The normalized spacial score (nSPS) is 14.1. The highest BCUT2D eigenvalue weighted by atomic mass is 35.5. The monoisotopic (exact) mass is 486 g/mol. The summed E-state index contributed by atoms with van der Waals surface area (Å²) in [5.74, 6) is -1.41. The zero-order valence-electron chi connectivity index (χ0n) is 16.4. The first-order valence-corrected chi connectivity index (χ1v) is 12.8. The number of nitrogens with two attached hydrogens (primary N) is 1. The van der Waals surface area contributed by atoms with Crippen molar-refractivity contribution < 1.29 is 31.2 Å². The van der Waals surface area contributed by atoms with Crippen molar-refractivity contribution in [1.29, 1.82) is 0 Å². The summed E-state index contributed by atoms with van der Waals surface area (Å²) in [6.45, 7) is -0.209. The summed E-state index contributed by atoms with van der Waals surface area (Å²) in [7, 11) is -7.56. The second kappa shape index (κ2) is 8.58. The lowest BCUT2D eigenvalue weighted by Crippen LogP contribution is -2.34. The number of carbonyl (C=O) groups excluding carboxylic acids is 2. The first-order valence-electron chi connectivity index (χ1n) is 9.01. The number of halogens is 1. The molecule has 0 spiro atoms. The number of ether oxygens (including phenoxy) is 1. The molecule has 0 unspecified atom stereocenters. The van der Waals surface area contributed by atoms with Gasteiger partial charge in [0.15, 0.2) is 12.4 Å². The highest BCUT2D eigenvalue weighted by molar-refractivity contribution is 7.92. The van der Waals surface area contributed by atoms with Crippen molar-refractivity contribution >= 4 is 49.1 Å². The number of anilines is 1. The Balaban J connectivity index is 1.74. The van der Waals surface area contributed by atoms with Gasteiger partial charge in [0.05, 0.1) is 22.5 Å². The molecule has 12 heteroatoms. The van der Waals surface area contributed by atoms with Crippen molar-refractivity contribution in [3.8, 4) is 0 Å². The van der Waals surface area contributed by atoms with E-state index in [0.717, 1.165) is 12.3 Å². The van der Waals surface area contributed by atoms with Gasteiger partial charge in [0.25, 0.3) is 0 Å². The standard InChI is InChI=1S/C19H19ClN2O7S2/c1-30(25,26)22-8-2-3-12-9-13(5-7-16(12)22)17(23)11-29-19(24)14-4-6-15(20)18(10-14)31(21,27)28/h4-7,9-10H,2-3,8,11H2,1H3,(H2,21,27,28). The molecule has 1 aliphatic heterocycles. The van der Waals surface area contributed by atoms with Crippen LogP contribution in [0, 0.1) is 0 Å². The van der Waals surface area contributed by atoms with Gasteiger partial charge in [0, 0.05) is 12.1 Å². The van der Waals surface area contributed by atoms with Crippen LogP contribution >= 0.6 is 11.6 Å². The predicted octanol–water partition coefficient (Wildman–Crippen LogP) is 1.74. The van der Waals surface area contributed by atoms with Crippen LogP contribution in [-0.2, 0) is 31.2 Å². The maximum atomic E-state index is 12.5. The number of Topliss-reactive ketones (excluding diaryl/α,β-unsaturated/α-hetero) is 1. The lowest BCUT2D eigenvalue weighted by molar-refractivity contribution is 0.0474. The molecule has 0 amide bonds. The third kappa shape index (κ3) is 5.24. The number of sulfonamides is 2.